The van der Waals surface area contributed by atoms with E-state index >= 15 is 0 Å². The number of oxime groups is 1. The molecule has 0 unspecified atom stereocenters. The summed E-state index contributed by atoms with van der Waals surface area (Å²) in [4.78, 5) is 1.28. The van der Waals surface area contributed by atoms with Crippen molar-refractivity contribution >= 4 is 23.5 Å². The van der Waals surface area contributed by atoms with Crippen LogP contribution >= 0.6 is 11.8 Å². The molecule has 0 aliphatic heterocycles. The lowest BCUT2D eigenvalue weighted by Gasteiger charge is -2.05. The smallest absolute Gasteiger partial charge is 0.0696 e. The average Bonchev–Trinajstić information content (AvgIpc) is 2.78. The molecule has 0 saturated carbocycles. The predicted octanol–water partition coefficient (Wildman–Crippen LogP) is 3.81. The summed E-state index contributed by atoms with van der Waals surface area (Å²) < 4.78 is 0. The molecule has 1 N–H and O–H groups in total. The summed E-state index contributed by atoms with van der Waals surface area (Å²) in [6.07, 6.45) is 6.91. The molecule has 0 atom stereocenters. The van der Waals surface area contributed by atoms with Gasteiger partial charge in [-0.3, -0.25) is 0 Å². The molecule has 0 radical (unpaired) electrons. The van der Waals surface area contributed by atoms with E-state index in [9.17, 15) is 0 Å². The molecule has 1 aliphatic rings. The molecule has 0 spiro atoms. The maximum Gasteiger partial charge on any atom is 0.0696 e. The van der Waals surface area contributed by atoms with E-state index in [1.165, 1.54) is 21.6 Å². The molecule has 0 saturated heterocycles. The van der Waals surface area contributed by atoms with Crippen LogP contribution in [0.15, 0.2) is 39.9 Å². The molecular weight excluding hydrogens is 218 g/mol. The van der Waals surface area contributed by atoms with Crippen LogP contribution in [0, 0.1) is 0 Å². The van der Waals surface area contributed by atoms with Gasteiger partial charge in [0.05, 0.1) is 6.21 Å². The Labute approximate surface area is 100 Å². The van der Waals surface area contributed by atoms with Crippen LogP contribution in [0.25, 0.3) is 5.57 Å². The number of benzene rings is 1. The Hall–Kier alpha value is -1.22. The molecule has 0 fully saturated rings. The minimum absolute atomic E-state index is 1.02. The van der Waals surface area contributed by atoms with Gasteiger partial charge in [0, 0.05) is 4.90 Å². The summed E-state index contributed by atoms with van der Waals surface area (Å²) in [5.41, 5.74) is 3.75. The Bertz CT molecular complexity index is 420. The van der Waals surface area contributed by atoms with E-state index in [0.29, 0.717) is 0 Å². The Balaban J connectivity index is 2.32. The molecule has 1 aliphatic carbocycles. The number of thioether (sulfide) groups is 1. The van der Waals surface area contributed by atoms with Crippen LogP contribution in [-0.4, -0.2) is 17.7 Å². The van der Waals surface area contributed by atoms with Gasteiger partial charge in [-0.25, -0.2) is 0 Å². The van der Waals surface area contributed by atoms with Gasteiger partial charge >= 0.3 is 0 Å². The number of allylic oxidation sites excluding steroid dienone is 2. The molecular formula is C13H15NOS. The van der Waals surface area contributed by atoms with Crippen LogP contribution in [0.4, 0.5) is 0 Å². The molecule has 0 bridgehead atoms. The van der Waals surface area contributed by atoms with Crippen LogP contribution in [0.1, 0.15) is 24.8 Å². The molecule has 1 aromatic rings. The van der Waals surface area contributed by atoms with Crippen molar-refractivity contribution in [3.05, 3.63) is 35.4 Å². The molecule has 3 heteroatoms. The van der Waals surface area contributed by atoms with Crippen LogP contribution in [0.3, 0.4) is 0 Å². The van der Waals surface area contributed by atoms with E-state index in [2.05, 4.69) is 35.7 Å². The van der Waals surface area contributed by atoms with Gasteiger partial charge in [-0.2, -0.15) is 0 Å². The average molecular weight is 233 g/mol. The third-order valence-corrected chi connectivity index (χ3v) is 3.66. The second-order valence-corrected chi connectivity index (χ2v) is 4.71. The normalized spacial score (nSPS) is 16.3. The quantitative estimate of drug-likeness (QED) is 0.373. The fourth-order valence-electron chi connectivity index (χ4n) is 2.10. The fraction of sp³-hybridized carbons (Fsp3) is 0.308. The van der Waals surface area contributed by atoms with Crippen molar-refractivity contribution in [1.29, 1.82) is 0 Å². The summed E-state index contributed by atoms with van der Waals surface area (Å²) in [5, 5.41) is 11.7. The standard InChI is InChI=1S/C13H15NOS/c1-16-12-7-5-10(6-8-12)13-4-2-3-11(13)9-14-15/h5-9,15H,2-4H2,1H3/b14-9+. The number of hydrogen-bond donors (Lipinski definition) is 1. The van der Waals surface area contributed by atoms with Gasteiger partial charge in [0.2, 0.25) is 0 Å². The van der Waals surface area contributed by atoms with Gasteiger partial charge < -0.3 is 5.21 Å². The second-order valence-electron chi connectivity index (χ2n) is 3.83. The predicted molar refractivity (Wildman–Crippen MR) is 69.3 cm³/mol. The van der Waals surface area contributed by atoms with E-state index < -0.39 is 0 Å². The summed E-state index contributed by atoms with van der Waals surface area (Å²) in [5.74, 6) is 0. The zero-order chi connectivity index (χ0) is 11.4. The lowest BCUT2D eigenvalue weighted by Crippen LogP contribution is -1.86. The second kappa shape index (κ2) is 5.21. The number of nitrogens with zero attached hydrogens (tertiary/aromatic N) is 1. The highest BCUT2D eigenvalue weighted by atomic mass is 32.2. The van der Waals surface area contributed by atoms with Crippen molar-refractivity contribution < 1.29 is 5.21 Å². The Kier molecular flexibility index (Phi) is 3.67. The number of rotatable bonds is 3. The van der Waals surface area contributed by atoms with E-state index in [1.807, 2.05) is 0 Å². The maximum absolute atomic E-state index is 8.61. The first-order chi connectivity index (χ1) is 7.85. The van der Waals surface area contributed by atoms with Crippen LogP contribution in [-0.2, 0) is 0 Å². The number of hydrogen-bond acceptors (Lipinski definition) is 3. The summed E-state index contributed by atoms with van der Waals surface area (Å²) in [7, 11) is 0. The van der Waals surface area contributed by atoms with Crippen molar-refractivity contribution in [2.45, 2.75) is 24.2 Å². The molecule has 84 valence electrons. The van der Waals surface area contributed by atoms with E-state index in [4.69, 9.17) is 5.21 Å². The topological polar surface area (TPSA) is 32.6 Å². The van der Waals surface area contributed by atoms with Gasteiger partial charge in [0.25, 0.3) is 0 Å². The van der Waals surface area contributed by atoms with Gasteiger partial charge in [0.15, 0.2) is 0 Å². The first kappa shape index (κ1) is 11.3. The first-order valence-corrected chi connectivity index (χ1v) is 6.61. The van der Waals surface area contributed by atoms with Crippen LogP contribution in [0.2, 0.25) is 0 Å². The molecule has 1 aromatic carbocycles. The largest absolute Gasteiger partial charge is 0.411 e. The Morgan fingerprint density at radius 3 is 2.62 bits per heavy atom. The molecule has 16 heavy (non-hydrogen) atoms. The zero-order valence-corrected chi connectivity index (χ0v) is 10.1. The van der Waals surface area contributed by atoms with Crippen LogP contribution in [0.5, 0.6) is 0 Å². The van der Waals surface area contributed by atoms with Gasteiger partial charge in [0.1, 0.15) is 0 Å². The van der Waals surface area contributed by atoms with Gasteiger partial charge in [-0.1, -0.05) is 17.3 Å². The fourth-order valence-corrected chi connectivity index (χ4v) is 2.51. The van der Waals surface area contributed by atoms with E-state index in [1.54, 1.807) is 18.0 Å². The SMILES string of the molecule is CSc1ccc(C2=C(/C=N/O)CCC2)cc1. The lowest BCUT2D eigenvalue weighted by molar-refractivity contribution is 0.321. The van der Waals surface area contributed by atoms with Crippen molar-refractivity contribution in [2.24, 2.45) is 5.16 Å². The molecule has 2 nitrogen and oxygen atoms in total. The van der Waals surface area contributed by atoms with Gasteiger partial charge in [-0.05, 0) is 54.4 Å². The molecule has 2 rings (SSSR count). The monoisotopic (exact) mass is 233 g/mol. The van der Waals surface area contributed by atoms with Crippen LogP contribution < -0.4 is 0 Å². The van der Waals surface area contributed by atoms with Gasteiger partial charge in [-0.15, -0.1) is 11.8 Å². The lowest BCUT2D eigenvalue weighted by atomic mass is 10.0. The minimum Gasteiger partial charge on any atom is -0.411 e. The summed E-state index contributed by atoms with van der Waals surface area (Å²) >= 11 is 1.75. The molecule has 0 heterocycles. The van der Waals surface area contributed by atoms with E-state index in [-0.39, 0.29) is 0 Å². The van der Waals surface area contributed by atoms with Crippen molar-refractivity contribution in [1.82, 2.24) is 0 Å². The third-order valence-electron chi connectivity index (χ3n) is 2.91. The first-order valence-electron chi connectivity index (χ1n) is 5.39. The minimum atomic E-state index is 1.02. The van der Waals surface area contributed by atoms with Crippen molar-refractivity contribution in [3.8, 4) is 0 Å². The Morgan fingerprint density at radius 1 is 1.25 bits per heavy atom. The van der Waals surface area contributed by atoms with Crippen molar-refractivity contribution in [2.75, 3.05) is 6.26 Å². The molecule has 0 amide bonds. The molecule has 0 aromatic heterocycles. The van der Waals surface area contributed by atoms with E-state index in [0.717, 1.165) is 19.3 Å². The summed E-state index contributed by atoms with van der Waals surface area (Å²) in [6, 6.07) is 8.58. The Morgan fingerprint density at radius 2 is 2.00 bits per heavy atom. The highest BCUT2D eigenvalue weighted by molar-refractivity contribution is 7.98. The van der Waals surface area contributed by atoms with Crippen molar-refractivity contribution in [3.63, 3.8) is 0 Å². The zero-order valence-electron chi connectivity index (χ0n) is 9.31. The highest BCUT2D eigenvalue weighted by Gasteiger charge is 2.14. The highest BCUT2D eigenvalue weighted by Crippen LogP contribution is 2.33. The third kappa shape index (κ3) is 2.30. The maximum atomic E-state index is 8.61. The summed E-state index contributed by atoms with van der Waals surface area (Å²) in [6.45, 7) is 0.